The molecule has 1 aliphatic rings. The molecule has 0 radical (unpaired) electrons. The number of rotatable bonds is 6. The maximum atomic E-state index is 12.7. The summed E-state index contributed by atoms with van der Waals surface area (Å²) in [6, 6.07) is 16.3. The van der Waals surface area contributed by atoms with Gasteiger partial charge in [-0.25, -0.2) is 4.79 Å². The Kier molecular flexibility index (Phi) is 5.89. The fourth-order valence-electron chi connectivity index (χ4n) is 3.49. The smallest absolute Gasteiger partial charge is 0.338 e. The Morgan fingerprint density at radius 2 is 1.79 bits per heavy atom. The monoisotopic (exact) mass is 372 g/mol. The molecular weight excluding hydrogens is 352 g/mol. The first-order valence-corrected chi connectivity index (χ1v) is 9.26. The number of esters is 1. The second kappa shape index (κ2) is 8.52. The second-order valence-corrected chi connectivity index (χ2v) is 6.55. The third-order valence-corrected chi connectivity index (χ3v) is 4.79. The van der Waals surface area contributed by atoms with Crippen LogP contribution < -0.4 is 0 Å². The molecule has 2 aromatic carbocycles. The van der Waals surface area contributed by atoms with E-state index in [-0.39, 0.29) is 5.57 Å². The van der Waals surface area contributed by atoms with E-state index >= 15 is 0 Å². The first-order chi connectivity index (χ1) is 13.6. The number of hydrogen-bond donors (Lipinski definition) is 1. The molecule has 3 rings (SSSR count). The highest BCUT2D eigenvalue weighted by Gasteiger charge is 2.31. The standard InChI is InChI=1S/C23H20N2O3/c1-2-3-6-12-28-23(27)18-11-7-10-17-21(18)15-8-4-5-9-16(15)22(17)19(13-24)20(26)14-25/h4-5,7-11,20,26H,2-3,6,12H2,1H3. The molecule has 28 heavy (non-hydrogen) atoms. The zero-order valence-electron chi connectivity index (χ0n) is 15.6. The number of ether oxygens (including phenoxy) is 1. The van der Waals surface area contributed by atoms with E-state index in [1.54, 1.807) is 24.3 Å². The number of hydrogen-bond acceptors (Lipinski definition) is 5. The summed E-state index contributed by atoms with van der Waals surface area (Å²) in [5, 5.41) is 28.7. The zero-order chi connectivity index (χ0) is 20.1. The number of benzene rings is 2. The van der Waals surface area contributed by atoms with Gasteiger partial charge in [-0.15, -0.1) is 0 Å². The molecular formula is C23H20N2O3. The largest absolute Gasteiger partial charge is 0.462 e. The Hall–Kier alpha value is -3.41. The van der Waals surface area contributed by atoms with Gasteiger partial charge in [0.15, 0.2) is 6.10 Å². The van der Waals surface area contributed by atoms with Crippen molar-refractivity contribution >= 4 is 11.5 Å². The molecule has 0 saturated heterocycles. The molecule has 1 unspecified atom stereocenters. The molecule has 2 aromatic rings. The van der Waals surface area contributed by atoms with Crippen LogP contribution in [0.3, 0.4) is 0 Å². The molecule has 5 nitrogen and oxygen atoms in total. The first-order valence-electron chi connectivity index (χ1n) is 9.26. The van der Waals surface area contributed by atoms with Crippen molar-refractivity contribution in [3.63, 3.8) is 0 Å². The van der Waals surface area contributed by atoms with Crippen molar-refractivity contribution in [1.29, 1.82) is 10.5 Å². The normalized spacial score (nSPS) is 14.3. The van der Waals surface area contributed by atoms with E-state index in [0.717, 1.165) is 30.4 Å². The molecule has 5 heteroatoms. The summed E-state index contributed by atoms with van der Waals surface area (Å²) in [4.78, 5) is 12.7. The third kappa shape index (κ3) is 3.41. The Balaban J connectivity index is 2.15. The molecule has 0 heterocycles. The molecule has 1 aliphatic carbocycles. The highest BCUT2D eigenvalue weighted by atomic mass is 16.5. The van der Waals surface area contributed by atoms with E-state index in [4.69, 9.17) is 10.00 Å². The fourth-order valence-corrected chi connectivity index (χ4v) is 3.49. The summed E-state index contributed by atoms with van der Waals surface area (Å²) in [6.07, 6.45) is 1.31. The van der Waals surface area contributed by atoms with Gasteiger partial charge >= 0.3 is 5.97 Å². The zero-order valence-corrected chi connectivity index (χ0v) is 15.6. The van der Waals surface area contributed by atoms with Crippen molar-refractivity contribution in [2.75, 3.05) is 6.61 Å². The molecule has 140 valence electrons. The summed E-state index contributed by atoms with van der Waals surface area (Å²) in [6.45, 7) is 2.44. The third-order valence-electron chi connectivity index (χ3n) is 4.79. The summed E-state index contributed by atoms with van der Waals surface area (Å²) in [5.41, 5.74) is 3.70. The minimum Gasteiger partial charge on any atom is -0.462 e. The summed E-state index contributed by atoms with van der Waals surface area (Å²) >= 11 is 0. The Morgan fingerprint density at radius 3 is 2.46 bits per heavy atom. The van der Waals surface area contributed by atoms with Gasteiger partial charge < -0.3 is 9.84 Å². The lowest BCUT2D eigenvalue weighted by Crippen LogP contribution is -2.09. The number of aliphatic hydroxyl groups excluding tert-OH is 1. The maximum Gasteiger partial charge on any atom is 0.338 e. The van der Waals surface area contributed by atoms with Gasteiger partial charge in [0.2, 0.25) is 0 Å². The van der Waals surface area contributed by atoms with E-state index in [1.165, 1.54) is 0 Å². The van der Waals surface area contributed by atoms with Gasteiger partial charge in [-0.2, -0.15) is 10.5 Å². The van der Waals surface area contributed by atoms with Crippen LogP contribution in [0.1, 0.15) is 47.7 Å². The van der Waals surface area contributed by atoms with Crippen LogP contribution >= 0.6 is 0 Å². The number of aliphatic hydroxyl groups is 1. The fraction of sp³-hybridized carbons (Fsp3) is 0.261. The van der Waals surface area contributed by atoms with E-state index in [0.29, 0.717) is 28.9 Å². The first kappa shape index (κ1) is 19.4. The minimum absolute atomic E-state index is 0.0258. The molecule has 0 aliphatic heterocycles. The number of carbonyl (C=O) groups excluding carboxylic acids is 1. The predicted molar refractivity (Wildman–Crippen MR) is 105 cm³/mol. The van der Waals surface area contributed by atoms with Gasteiger partial charge in [0.25, 0.3) is 0 Å². The average molecular weight is 372 g/mol. The molecule has 0 amide bonds. The van der Waals surface area contributed by atoms with Gasteiger partial charge in [-0.1, -0.05) is 56.2 Å². The van der Waals surface area contributed by atoms with E-state index in [2.05, 4.69) is 6.92 Å². The molecule has 0 aromatic heterocycles. The van der Waals surface area contributed by atoms with E-state index in [9.17, 15) is 15.2 Å². The Labute approximate surface area is 164 Å². The van der Waals surface area contributed by atoms with Gasteiger partial charge in [0.05, 0.1) is 29.9 Å². The Bertz CT molecular complexity index is 1020. The van der Waals surface area contributed by atoms with Crippen LogP contribution in [0.2, 0.25) is 0 Å². The molecule has 0 bridgehead atoms. The van der Waals surface area contributed by atoms with Gasteiger partial charge in [0, 0.05) is 11.1 Å². The van der Waals surface area contributed by atoms with Crippen molar-refractivity contribution < 1.29 is 14.6 Å². The summed E-state index contributed by atoms with van der Waals surface area (Å²) in [7, 11) is 0. The second-order valence-electron chi connectivity index (χ2n) is 6.55. The van der Waals surface area contributed by atoms with Crippen LogP contribution in [0.25, 0.3) is 16.7 Å². The quantitative estimate of drug-likeness (QED) is 0.302. The SMILES string of the molecule is CCCCCOC(=O)c1cccc2c1-c1ccccc1C2=C(C#N)C(O)C#N. The number of nitrogens with zero attached hydrogens (tertiary/aromatic N) is 2. The molecule has 0 saturated carbocycles. The predicted octanol–water partition coefficient (Wildman–Crippen LogP) is 4.22. The van der Waals surface area contributed by atoms with Crippen molar-refractivity contribution in [1.82, 2.24) is 0 Å². The van der Waals surface area contributed by atoms with Crippen LogP contribution in [0.4, 0.5) is 0 Å². The molecule has 0 spiro atoms. The van der Waals surface area contributed by atoms with Gasteiger partial charge in [-0.05, 0) is 29.2 Å². The van der Waals surface area contributed by atoms with E-state index < -0.39 is 12.1 Å². The topological polar surface area (TPSA) is 94.1 Å². The molecule has 1 N–H and O–H groups in total. The molecule has 1 atom stereocenters. The highest BCUT2D eigenvalue weighted by Crippen LogP contribution is 2.47. The van der Waals surface area contributed by atoms with Crippen LogP contribution in [-0.4, -0.2) is 23.8 Å². The summed E-state index contributed by atoms with van der Waals surface area (Å²) in [5.74, 6) is -0.414. The number of nitriles is 2. The highest BCUT2D eigenvalue weighted by molar-refractivity contribution is 6.10. The van der Waals surface area contributed by atoms with Crippen molar-refractivity contribution in [2.24, 2.45) is 0 Å². The van der Waals surface area contributed by atoms with Crippen molar-refractivity contribution in [3.05, 3.63) is 64.7 Å². The number of unbranched alkanes of at least 4 members (excludes halogenated alkanes) is 2. The van der Waals surface area contributed by atoms with Crippen LogP contribution in [0, 0.1) is 22.7 Å². The summed E-state index contributed by atoms with van der Waals surface area (Å²) < 4.78 is 5.44. The van der Waals surface area contributed by atoms with Gasteiger partial charge in [-0.3, -0.25) is 0 Å². The van der Waals surface area contributed by atoms with Crippen LogP contribution in [0.5, 0.6) is 0 Å². The number of fused-ring (bicyclic) bond motifs is 3. The molecule has 0 fully saturated rings. The van der Waals surface area contributed by atoms with Crippen LogP contribution in [-0.2, 0) is 4.74 Å². The van der Waals surface area contributed by atoms with Crippen molar-refractivity contribution in [2.45, 2.75) is 32.3 Å². The maximum absolute atomic E-state index is 12.7. The Morgan fingerprint density at radius 1 is 1.07 bits per heavy atom. The van der Waals surface area contributed by atoms with Crippen molar-refractivity contribution in [3.8, 4) is 23.3 Å². The average Bonchev–Trinajstić information content (AvgIpc) is 3.06. The van der Waals surface area contributed by atoms with Crippen LogP contribution in [0.15, 0.2) is 48.0 Å². The minimum atomic E-state index is -1.54. The van der Waals surface area contributed by atoms with E-state index in [1.807, 2.05) is 30.3 Å². The van der Waals surface area contributed by atoms with Gasteiger partial charge in [0.1, 0.15) is 0 Å². The lowest BCUT2D eigenvalue weighted by molar-refractivity contribution is 0.0499. The lowest BCUT2D eigenvalue weighted by atomic mass is 9.95. The number of carbonyl (C=O) groups is 1. The lowest BCUT2D eigenvalue weighted by Gasteiger charge is -2.10.